The Hall–Kier alpha value is -1.59. The maximum atomic E-state index is 8.84. The number of benzene rings is 1. The Kier molecular flexibility index (Phi) is 4.94. The van der Waals surface area contributed by atoms with E-state index in [1.807, 2.05) is 13.0 Å². The molecule has 0 heterocycles. The maximum absolute atomic E-state index is 8.84. The van der Waals surface area contributed by atoms with E-state index in [0.29, 0.717) is 12.2 Å². The molecule has 0 atom stereocenters. The van der Waals surface area contributed by atoms with E-state index in [1.54, 1.807) is 12.1 Å². The molecule has 0 bridgehead atoms. The largest absolute Gasteiger partial charge is 0.707 e. The summed E-state index contributed by atoms with van der Waals surface area (Å²) in [5.74, 6) is 0.394. The van der Waals surface area contributed by atoms with Crippen LogP contribution in [0.1, 0.15) is 23.6 Å². The van der Waals surface area contributed by atoms with Gasteiger partial charge in [0.1, 0.15) is 5.75 Å². The second-order valence-electron chi connectivity index (χ2n) is 3.52. The highest BCUT2D eigenvalue weighted by Crippen LogP contribution is 2.27. The summed E-state index contributed by atoms with van der Waals surface area (Å²) >= 11 is 0. The summed E-state index contributed by atoms with van der Waals surface area (Å²) in [6, 6.07) is 3.48. The Morgan fingerprint density at radius 3 is 2.59 bits per heavy atom. The van der Waals surface area contributed by atoms with Crippen LogP contribution in [0.25, 0.3) is 6.08 Å². The number of hydrogen-bond donors (Lipinski definition) is 3. The molecular formula is C12H16BNO3. The molecule has 1 aromatic rings. The van der Waals surface area contributed by atoms with E-state index in [0.717, 1.165) is 23.1 Å². The third kappa shape index (κ3) is 3.18. The first-order valence-corrected chi connectivity index (χ1v) is 5.42. The molecule has 1 rings (SSSR count). The van der Waals surface area contributed by atoms with Gasteiger partial charge < -0.3 is 20.1 Å². The molecule has 0 aliphatic heterocycles. The quantitative estimate of drug-likeness (QED) is 0.514. The highest BCUT2D eigenvalue weighted by Gasteiger charge is 2.17. The monoisotopic (exact) mass is 233 g/mol. The van der Waals surface area contributed by atoms with Crippen molar-refractivity contribution in [3.63, 3.8) is 0 Å². The summed E-state index contributed by atoms with van der Waals surface area (Å²) < 4.78 is 4.91. The average molecular weight is 233 g/mol. The highest BCUT2D eigenvalue weighted by molar-refractivity contribution is 6.33. The van der Waals surface area contributed by atoms with E-state index in [4.69, 9.17) is 20.1 Å². The Labute approximate surface area is 101 Å². The van der Waals surface area contributed by atoms with E-state index in [9.17, 15) is 0 Å². The molecule has 0 unspecified atom stereocenters. The van der Waals surface area contributed by atoms with Crippen molar-refractivity contribution in [2.24, 2.45) is 0 Å². The molecular weight excluding hydrogens is 217 g/mol. The molecule has 0 saturated heterocycles. The lowest BCUT2D eigenvalue weighted by Gasteiger charge is -2.16. The second-order valence-corrected chi connectivity index (χ2v) is 3.52. The molecule has 0 aromatic heterocycles. The molecule has 17 heavy (non-hydrogen) atoms. The maximum Gasteiger partial charge on any atom is 0.707 e. The molecule has 3 N–H and O–H groups in total. The summed E-state index contributed by atoms with van der Waals surface area (Å²) in [6.07, 6.45) is 4.17. The van der Waals surface area contributed by atoms with E-state index >= 15 is 0 Å². The topological polar surface area (TPSA) is 73.5 Å². The van der Waals surface area contributed by atoms with Crippen LogP contribution in [0.3, 0.4) is 0 Å². The van der Waals surface area contributed by atoms with Crippen molar-refractivity contribution < 1.29 is 14.7 Å². The number of rotatable bonds is 6. The van der Waals surface area contributed by atoms with E-state index in [2.05, 4.69) is 6.58 Å². The van der Waals surface area contributed by atoms with Crippen molar-refractivity contribution >= 4 is 19.6 Å². The predicted molar refractivity (Wildman–Crippen MR) is 69.2 cm³/mol. The summed E-state index contributed by atoms with van der Waals surface area (Å²) in [5, 5.41) is 24.9. The van der Waals surface area contributed by atoms with Crippen LogP contribution in [0.4, 0.5) is 0 Å². The summed E-state index contributed by atoms with van der Waals surface area (Å²) in [5.41, 5.74) is 2.79. The van der Waals surface area contributed by atoms with Crippen LogP contribution in [-0.2, 0) is 12.8 Å². The Morgan fingerprint density at radius 2 is 2.12 bits per heavy atom. The van der Waals surface area contributed by atoms with Gasteiger partial charge in [0, 0.05) is 12.0 Å². The SMILES string of the molecule is C=Cc1ccc(OB(O)O)c(CC=N)c1CC. The minimum atomic E-state index is -1.85. The van der Waals surface area contributed by atoms with Crippen LogP contribution >= 0.6 is 0 Å². The van der Waals surface area contributed by atoms with Gasteiger partial charge in [-0.3, -0.25) is 0 Å². The van der Waals surface area contributed by atoms with Crippen LogP contribution in [0.5, 0.6) is 5.75 Å². The smallest absolute Gasteiger partial charge is 0.512 e. The van der Waals surface area contributed by atoms with Crippen molar-refractivity contribution in [2.45, 2.75) is 19.8 Å². The van der Waals surface area contributed by atoms with Gasteiger partial charge in [-0.2, -0.15) is 0 Å². The number of nitrogens with one attached hydrogen (secondary N) is 1. The van der Waals surface area contributed by atoms with Crippen molar-refractivity contribution in [3.05, 3.63) is 35.4 Å². The van der Waals surface area contributed by atoms with Gasteiger partial charge in [0.05, 0.1) is 0 Å². The standard InChI is InChI=1S/C12H16BNO3/c1-3-9-5-6-12(17-13(15)16)11(7-8-14)10(9)4-2/h3,5-6,8,14-16H,1,4,7H2,2H3. The number of hydrogen-bond acceptors (Lipinski definition) is 4. The summed E-state index contributed by atoms with van der Waals surface area (Å²) in [4.78, 5) is 0. The van der Waals surface area contributed by atoms with Crippen LogP contribution in [0, 0.1) is 5.41 Å². The fourth-order valence-corrected chi connectivity index (χ4v) is 1.85. The Balaban J connectivity index is 3.30. The van der Waals surface area contributed by atoms with E-state index < -0.39 is 7.32 Å². The predicted octanol–water partition coefficient (Wildman–Crippen LogP) is 1.43. The van der Waals surface area contributed by atoms with Crippen LogP contribution in [0.15, 0.2) is 18.7 Å². The normalized spacial score (nSPS) is 9.82. The van der Waals surface area contributed by atoms with Crippen LogP contribution in [-0.4, -0.2) is 23.6 Å². The van der Waals surface area contributed by atoms with Gasteiger partial charge in [0.15, 0.2) is 0 Å². The molecule has 0 radical (unpaired) electrons. The van der Waals surface area contributed by atoms with Crippen LogP contribution in [0.2, 0.25) is 0 Å². The first-order chi connectivity index (χ1) is 8.13. The van der Waals surface area contributed by atoms with Gasteiger partial charge in [-0.25, -0.2) is 0 Å². The highest BCUT2D eigenvalue weighted by atomic mass is 16.6. The average Bonchev–Trinajstić information content (AvgIpc) is 2.30. The van der Waals surface area contributed by atoms with Crippen molar-refractivity contribution in [2.75, 3.05) is 0 Å². The molecule has 90 valence electrons. The third-order valence-electron chi connectivity index (χ3n) is 2.54. The van der Waals surface area contributed by atoms with Gasteiger partial charge >= 0.3 is 7.32 Å². The zero-order valence-electron chi connectivity index (χ0n) is 9.81. The molecule has 0 spiro atoms. The van der Waals surface area contributed by atoms with Crippen molar-refractivity contribution in [1.82, 2.24) is 0 Å². The molecule has 0 saturated carbocycles. The molecule has 0 aliphatic rings. The van der Waals surface area contributed by atoms with Gasteiger partial charge in [-0.15, -0.1) is 0 Å². The van der Waals surface area contributed by atoms with E-state index in [1.165, 1.54) is 6.21 Å². The second kappa shape index (κ2) is 6.22. The fourth-order valence-electron chi connectivity index (χ4n) is 1.85. The molecule has 4 nitrogen and oxygen atoms in total. The third-order valence-corrected chi connectivity index (χ3v) is 2.54. The first-order valence-electron chi connectivity index (χ1n) is 5.42. The Bertz CT molecular complexity index is 418. The zero-order chi connectivity index (χ0) is 12.8. The van der Waals surface area contributed by atoms with Crippen LogP contribution < -0.4 is 4.65 Å². The summed E-state index contributed by atoms with van der Waals surface area (Å²) in [7, 11) is -1.85. The van der Waals surface area contributed by atoms with Crippen molar-refractivity contribution in [3.8, 4) is 5.75 Å². The minimum Gasteiger partial charge on any atom is -0.512 e. The summed E-state index contributed by atoms with van der Waals surface area (Å²) in [6.45, 7) is 5.73. The molecule has 0 aliphatic carbocycles. The fraction of sp³-hybridized carbons (Fsp3) is 0.250. The van der Waals surface area contributed by atoms with E-state index in [-0.39, 0.29) is 0 Å². The molecule has 0 amide bonds. The zero-order valence-corrected chi connectivity index (χ0v) is 9.81. The lowest BCUT2D eigenvalue weighted by molar-refractivity contribution is 0.287. The lowest BCUT2D eigenvalue weighted by Crippen LogP contribution is -2.21. The first kappa shape index (κ1) is 13.5. The van der Waals surface area contributed by atoms with Gasteiger partial charge in [0.2, 0.25) is 0 Å². The van der Waals surface area contributed by atoms with Gasteiger partial charge in [-0.1, -0.05) is 25.6 Å². The lowest BCUT2D eigenvalue weighted by atomic mass is 9.95. The molecule has 1 aromatic carbocycles. The van der Waals surface area contributed by atoms with Crippen molar-refractivity contribution in [1.29, 1.82) is 5.41 Å². The minimum absolute atomic E-state index is 0.394. The molecule has 0 fully saturated rings. The van der Waals surface area contributed by atoms with Gasteiger partial charge in [-0.05, 0) is 29.8 Å². The van der Waals surface area contributed by atoms with Gasteiger partial charge in [0.25, 0.3) is 0 Å². The Morgan fingerprint density at radius 1 is 1.41 bits per heavy atom. The molecule has 5 heteroatoms.